The van der Waals surface area contributed by atoms with Gasteiger partial charge in [-0.3, -0.25) is 4.98 Å². The van der Waals surface area contributed by atoms with E-state index in [0.717, 1.165) is 16.3 Å². The Bertz CT molecular complexity index is 497. The molecule has 4 heteroatoms. The van der Waals surface area contributed by atoms with Crippen molar-refractivity contribution >= 4 is 23.2 Å². The van der Waals surface area contributed by atoms with Crippen LogP contribution < -0.4 is 5.73 Å². The van der Waals surface area contributed by atoms with Crippen molar-refractivity contribution in [3.63, 3.8) is 0 Å². The Kier molecular flexibility index (Phi) is 4.00. The minimum absolute atomic E-state index is 0.204. The Morgan fingerprint density at radius 2 is 1.82 bits per heavy atom. The number of halogens is 2. The van der Waals surface area contributed by atoms with Crippen LogP contribution in [0.3, 0.4) is 0 Å². The molecule has 2 rings (SSSR count). The van der Waals surface area contributed by atoms with Crippen LogP contribution >= 0.6 is 23.2 Å². The summed E-state index contributed by atoms with van der Waals surface area (Å²) >= 11 is 11.9. The summed E-state index contributed by atoms with van der Waals surface area (Å²) in [5.74, 6) is 0. The van der Waals surface area contributed by atoms with E-state index in [0.29, 0.717) is 11.4 Å². The van der Waals surface area contributed by atoms with E-state index in [2.05, 4.69) is 4.98 Å². The normalized spacial score (nSPS) is 12.4. The topological polar surface area (TPSA) is 38.9 Å². The number of hydrogen-bond donors (Lipinski definition) is 1. The molecule has 17 heavy (non-hydrogen) atoms. The van der Waals surface area contributed by atoms with Gasteiger partial charge in [-0.05, 0) is 36.2 Å². The Morgan fingerprint density at radius 3 is 2.47 bits per heavy atom. The fraction of sp³-hybridized carbons (Fsp3) is 0.154. The van der Waals surface area contributed by atoms with Gasteiger partial charge in [0.1, 0.15) is 0 Å². The molecule has 0 aliphatic carbocycles. The molecule has 0 saturated carbocycles. The van der Waals surface area contributed by atoms with Crippen LogP contribution in [0.15, 0.2) is 42.6 Å². The molecule has 0 bridgehead atoms. The number of benzene rings is 1. The van der Waals surface area contributed by atoms with Gasteiger partial charge in [-0.25, -0.2) is 0 Å². The van der Waals surface area contributed by atoms with Gasteiger partial charge >= 0.3 is 0 Å². The highest BCUT2D eigenvalue weighted by molar-refractivity contribution is 6.31. The van der Waals surface area contributed by atoms with Crippen molar-refractivity contribution in [1.29, 1.82) is 0 Å². The van der Waals surface area contributed by atoms with Crippen molar-refractivity contribution in [1.82, 2.24) is 4.98 Å². The third-order valence-corrected chi connectivity index (χ3v) is 3.08. The summed E-state index contributed by atoms with van der Waals surface area (Å²) in [5.41, 5.74) is 7.93. The first-order valence-corrected chi connectivity index (χ1v) is 6.03. The monoisotopic (exact) mass is 266 g/mol. The second kappa shape index (κ2) is 5.50. The van der Waals surface area contributed by atoms with Crippen LogP contribution in [0, 0.1) is 0 Å². The van der Waals surface area contributed by atoms with E-state index in [9.17, 15) is 0 Å². The molecule has 0 amide bonds. The molecule has 1 unspecified atom stereocenters. The van der Waals surface area contributed by atoms with Gasteiger partial charge in [0.05, 0.1) is 16.8 Å². The average molecular weight is 267 g/mol. The summed E-state index contributed by atoms with van der Waals surface area (Å²) in [5, 5.41) is 1.33. The van der Waals surface area contributed by atoms with Crippen molar-refractivity contribution in [2.24, 2.45) is 5.73 Å². The summed E-state index contributed by atoms with van der Waals surface area (Å²) in [6.07, 6.45) is 2.39. The van der Waals surface area contributed by atoms with Gasteiger partial charge in [-0.1, -0.05) is 35.3 Å². The van der Waals surface area contributed by atoms with Crippen molar-refractivity contribution in [2.45, 2.75) is 12.5 Å². The van der Waals surface area contributed by atoms with E-state index in [4.69, 9.17) is 28.9 Å². The lowest BCUT2D eigenvalue weighted by Gasteiger charge is -2.12. The van der Waals surface area contributed by atoms with Gasteiger partial charge in [-0.2, -0.15) is 0 Å². The van der Waals surface area contributed by atoms with Crippen molar-refractivity contribution in [2.75, 3.05) is 0 Å². The van der Waals surface area contributed by atoms with Gasteiger partial charge in [0.25, 0.3) is 0 Å². The van der Waals surface area contributed by atoms with Crippen LogP contribution in [0.2, 0.25) is 10.0 Å². The predicted octanol–water partition coefficient (Wildman–Crippen LogP) is 3.63. The quantitative estimate of drug-likeness (QED) is 0.922. The number of aromatic nitrogens is 1. The summed E-state index contributed by atoms with van der Waals surface area (Å²) < 4.78 is 0. The molecule has 1 atom stereocenters. The maximum atomic E-state index is 6.09. The van der Waals surface area contributed by atoms with Gasteiger partial charge in [0.2, 0.25) is 0 Å². The van der Waals surface area contributed by atoms with Crippen LogP contribution in [-0.4, -0.2) is 4.98 Å². The second-order valence-electron chi connectivity index (χ2n) is 3.81. The maximum Gasteiger partial charge on any atom is 0.0760 e. The first-order valence-electron chi connectivity index (χ1n) is 5.27. The number of nitrogens with two attached hydrogens (primary N) is 1. The molecule has 0 fully saturated rings. The van der Waals surface area contributed by atoms with E-state index in [1.807, 2.05) is 24.3 Å². The molecule has 2 nitrogen and oxygen atoms in total. The SMILES string of the molecule is NC(Cc1ccc(Cl)cc1)c1ncccc1Cl. The maximum absolute atomic E-state index is 6.09. The summed E-state index contributed by atoms with van der Waals surface area (Å²) in [7, 11) is 0. The molecule has 0 aliphatic heterocycles. The van der Waals surface area contributed by atoms with Crippen molar-refractivity contribution in [3.8, 4) is 0 Å². The lowest BCUT2D eigenvalue weighted by atomic mass is 10.0. The molecular formula is C13H12Cl2N2. The molecular weight excluding hydrogens is 255 g/mol. The van der Waals surface area contributed by atoms with Crippen LogP contribution in [0.4, 0.5) is 0 Å². The van der Waals surface area contributed by atoms with Gasteiger partial charge < -0.3 is 5.73 Å². The molecule has 0 spiro atoms. The minimum atomic E-state index is -0.204. The molecule has 0 aliphatic rings. The third kappa shape index (κ3) is 3.19. The standard InChI is InChI=1S/C13H12Cl2N2/c14-10-5-3-9(4-6-10)8-12(16)13-11(15)2-1-7-17-13/h1-7,12H,8,16H2. The van der Waals surface area contributed by atoms with Gasteiger partial charge in [0, 0.05) is 11.2 Å². The zero-order chi connectivity index (χ0) is 12.3. The number of hydrogen-bond acceptors (Lipinski definition) is 2. The summed E-state index contributed by atoms with van der Waals surface area (Å²) in [4.78, 5) is 4.21. The summed E-state index contributed by atoms with van der Waals surface area (Å²) in [6.45, 7) is 0. The minimum Gasteiger partial charge on any atom is -0.322 e. The summed E-state index contributed by atoms with van der Waals surface area (Å²) in [6, 6.07) is 11.0. The lowest BCUT2D eigenvalue weighted by Crippen LogP contribution is -2.15. The molecule has 1 aromatic carbocycles. The zero-order valence-electron chi connectivity index (χ0n) is 9.11. The van der Waals surface area contributed by atoms with E-state index in [-0.39, 0.29) is 6.04 Å². The molecule has 1 heterocycles. The zero-order valence-corrected chi connectivity index (χ0v) is 10.6. The Hall–Kier alpha value is -1.09. The predicted molar refractivity (Wildman–Crippen MR) is 71.3 cm³/mol. The number of rotatable bonds is 3. The van der Waals surface area contributed by atoms with Gasteiger partial charge in [0.15, 0.2) is 0 Å². The first-order chi connectivity index (χ1) is 8.16. The lowest BCUT2D eigenvalue weighted by molar-refractivity contribution is 0.697. The molecule has 1 aromatic heterocycles. The smallest absolute Gasteiger partial charge is 0.0760 e. The highest BCUT2D eigenvalue weighted by atomic mass is 35.5. The average Bonchev–Trinajstić information content (AvgIpc) is 2.32. The van der Waals surface area contributed by atoms with E-state index >= 15 is 0 Å². The van der Waals surface area contributed by atoms with Crippen LogP contribution in [0.5, 0.6) is 0 Å². The first kappa shape index (κ1) is 12.4. The molecule has 88 valence electrons. The molecule has 0 radical (unpaired) electrons. The van der Waals surface area contributed by atoms with E-state index in [1.165, 1.54) is 0 Å². The highest BCUT2D eigenvalue weighted by Crippen LogP contribution is 2.22. The molecule has 2 N–H and O–H groups in total. The Balaban J connectivity index is 2.14. The van der Waals surface area contributed by atoms with Crippen LogP contribution in [0.1, 0.15) is 17.3 Å². The Morgan fingerprint density at radius 1 is 1.12 bits per heavy atom. The van der Waals surface area contributed by atoms with Crippen molar-refractivity contribution < 1.29 is 0 Å². The van der Waals surface area contributed by atoms with Gasteiger partial charge in [-0.15, -0.1) is 0 Å². The fourth-order valence-electron chi connectivity index (χ4n) is 1.64. The van der Waals surface area contributed by atoms with E-state index < -0.39 is 0 Å². The molecule has 0 saturated heterocycles. The Labute approximate surface area is 110 Å². The van der Waals surface area contributed by atoms with Crippen LogP contribution in [-0.2, 0) is 6.42 Å². The van der Waals surface area contributed by atoms with E-state index in [1.54, 1.807) is 18.3 Å². The number of pyridine rings is 1. The van der Waals surface area contributed by atoms with Crippen LogP contribution in [0.25, 0.3) is 0 Å². The number of nitrogens with zero attached hydrogens (tertiary/aromatic N) is 1. The fourth-order valence-corrected chi connectivity index (χ4v) is 2.03. The molecule has 2 aromatic rings. The van der Waals surface area contributed by atoms with Crippen molar-refractivity contribution in [3.05, 3.63) is 63.9 Å². The second-order valence-corrected chi connectivity index (χ2v) is 4.65. The highest BCUT2D eigenvalue weighted by Gasteiger charge is 2.11. The third-order valence-electron chi connectivity index (χ3n) is 2.51. The largest absolute Gasteiger partial charge is 0.322 e.